The Morgan fingerprint density at radius 2 is 1.68 bits per heavy atom. The standard InChI is InChI=1S/C24H31ClFN3O4S/c1-6-20(23(31)27-24(2,3)4)28(15-17-11-13-18(25)14-12-17)22(30)16-29(34(5,32)33)21-10-8-7-9-19(21)26/h7-14,20H,6,15-16H2,1-5H3,(H,27,31)/t20-/m0/s1. The number of para-hydroxylation sites is 1. The zero-order valence-electron chi connectivity index (χ0n) is 20.0. The number of halogens is 2. The molecule has 0 saturated carbocycles. The Morgan fingerprint density at radius 3 is 2.18 bits per heavy atom. The summed E-state index contributed by atoms with van der Waals surface area (Å²) in [4.78, 5) is 27.9. The predicted molar refractivity (Wildman–Crippen MR) is 133 cm³/mol. The fourth-order valence-corrected chi connectivity index (χ4v) is 4.38. The van der Waals surface area contributed by atoms with E-state index in [1.54, 1.807) is 31.2 Å². The van der Waals surface area contributed by atoms with Crippen molar-refractivity contribution in [2.24, 2.45) is 0 Å². The van der Waals surface area contributed by atoms with Gasteiger partial charge in [0.1, 0.15) is 18.4 Å². The summed E-state index contributed by atoms with van der Waals surface area (Å²) in [7, 11) is -4.00. The molecule has 2 aromatic rings. The minimum atomic E-state index is -4.00. The van der Waals surface area contributed by atoms with Crippen molar-refractivity contribution in [2.45, 2.75) is 52.2 Å². The quantitative estimate of drug-likeness (QED) is 0.552. The topological polar surface area (TPSA) is 86.8 Å². The number of hydrogen-bond donors (Lipinski definition) is 1. The highest BCUT2D eigenvalue weighted by atomic mass is 35.5. The summed E-state index contributed by atoms with van der Waals surface area (Å²) in [6, 6.07) is 11.2. The second kappa shape index (κ2) is 11.2. The van der Waals surface area contributed by atoms with E-state index in [4.69, 9.17) is 11.6 Å². The first kappa shape index (κ1) is 27.6. The SMILES string of the molecule is CC[C@@H](C(=O)NC(C)(C)C)N(Cc1ccc(Cl)cc1)C(=O)CN(c1ccccc1F)S(C)(=O)=O. The summed E-state index contributed by atoms with van der Waals surface area (Å²) in [6.07, 6.45) is 1.19. The lowest BCUT2D eigenvalue weighted by Gasteiger charge is -2.34. The molecule has 0 heterocycles. The van der Waals surface area contributed by atoms with Crippen LogP contribution in [0.4, 0.5) is 10.1 Å². The number of carbonyl (C=O) groups excluding carboxylic acids is 2. The van der Waals surface area contributed by atoms with Crippen LogP contribution in [0.25, 0.3) is 0 Å². The summed E-state index contributed by atoms with van der Waals surface area (Å²) in [5.74, 6) is -1.78. The van der Waals surface area contributed by atoms with Crippen LogP contribution in [-0.2, 0) is 26.2 Å². The number of amides is 2. The first-order chi connectivity index (χ1) is 15.7. The molecule has 10 heteroatoms. The van der Waals surface area contributed by atoms with E-state index in [0.717, 1.165) is 12.3 Å². The van der Waals surface area contributed by atoms with Gasteiger partial charge in [-0.05, 0) is 57.0 Å². The summed E-state index contributed by atoms with van der Waals surface area (Å²) in [5.41, 5.74) is -0.0700. The van der Waals surface area contributed by atoms with E-state index in [9.17, 15) is 22.4 Å². The average Bonchev–Trinajstić information content (AvgIpc) is 2.71. The van der Waals surface area contributed by atoms with Gasteiger partial charge in [0.15, 0.2) is 0 Å². The van der Waals surface area contributed by atoms with Crippen molar-refractivity contribution in [1.82, 2.24) is 10.2 Å². The Morgan fingerprint density at radius 1 is 1.09 bits per heavy atom. The normalized spacial score (nSPS) is 12.7. The number of sulfonamides is 1. The van der Waals surface area contributed by atoms with Crippen molar-refractivity contribution in [3.63, 3.8) is 0 Å². The van der Waals surface area contributed by atoms with Gasteiger partial charge in [0.25, 0.3) is 0 Å². The van der Waals surface area contributed by atoms with Crippen molar-refractivity contribution in [3.8, 4) is 0 Å². The van der Waals surface area contributed by atoms with Gasteiger partial charge in [-0.3, -0.25) is 13.9 Å². The fraction of sp³-hybridized carbons (Fsp3) is 0.417. The van der Waals surface area contributed by atoms with Crippen molar-refractivity contribution in [3.05, 3.63) is 64.9 Å². The van der Waals surface area contributed by atoms with Crippen LogP contribution in [0.2, 0.25) is 5.02 Å². The van der Waals surface area contributed by atoms with Crippen LogP contribution in [-0.4, -0.2) is 49.5 Å². The average molecular weight is 512 g/mol. The summed E-state index contributed by atoms with van der Waals surface area (Å²) in [5, 5.41) is 3.39. The molecule has 0 aliphatic rings. The molecule has 0 fully saturated rings. The van der Waals surface area contributed by atoms with E-state index >= 15 is 0 Å². The van der Waals surface area contributed by atoms with Gasteiger partial charge in [-0.15, -0.1) is 0 Å². The molecule has 2 rings (SSSR count). The van der Waals surface area contributed by atoms with Gasteiger partial charge in [-0.25, -0.2) is 12.8 Å². The first-order valence-corrected chi connectivity index (χ1v) is 13.0. The van der Waals surface area contributed by atoms with E-state index in [-0.39, 0.29) is 18.1 Å². The molecular formula is C24H31ClFN3O4S. The fourth-order valence-electron chi connectivity index (χ4n) is 3.41. The minimum Gasteiger partial charge on any atom is -0.350 e. The van der Waals surface area contributed by atoms with Crippen molar-refractivity contribution in [2.75, 3.05) is 17.1 Å². The largest absolute Gasteiger partial charge is 0.350 e. The molecule has 0 saturated heterocycles. The molecule has 7 nitrogen and oxygen atoms in total. The van der Waals surface area contributed by atoms with E-state index in [1.807, 2.05) is 20.8 Å². The zero-order chi connectivity index (χ0) is 25.7. The molecule has 0 aliphatic carbocycles. The van der Waals surface area contributed by atoms with Crippen LogP contribution in [0.5, 0.6) is 0 Å². The molecular weight excluding hydrogens is 481 g/mol. The number of carbonyl (C=O) groups is 2. The highest BCUT2D eigenvalue weighted by Gasteiger charge is 2.33. The lowest BCUT2D eigenvalue weighted by molar-refractivity contribution is -0.141. The van der Waals surface area contributed by atoms with E-state index in [2.05, 4.69) is 5.32 Å². The predicted octanol–water partition coefficient (Wildman–Crippen LogP) is 3.97. The van der Waals surface area contributed by atoms with E-state index in [1.165, 1.54) is 23.1 Å². The molecule has 1 N–H and O–H groups in total. The molecule has 0 aromatic heterocycles. The van der Waals surface area contributed by atoms with Crippen LogP contribution < -0.4 is 9.62 Å². The lowest BCUT2D eigenvalue weighted by atomic mass is 10.1. The second-order valence-electron chi connectivity index (χ2n) is 9.03. The molecule has 34 heavy (non-hydrogen) atoms. The lowest BCUT2D eigenvalue weighted by Crippen LogP contribution is -2.55. The summed E-state index contributed by atoms with van der Waals surface area (Å²) >= 11 is 5.97. The van der Waals surface area contributed by atoms with Crippen molar-refractivity contribution in [1.29, 1.82) is 0 Å². The number of nitrogens with zero attached hydrogens (tertiary/aromatic N) is 2. The third-order valence-electron chi connectivity index (χ3n) is 4.95. The molecule has 0 unspecified atom stereocenters. The smallest absolute Gasteiger partial charge is 0.244 e. The maximum atomic E-state index is 14.4. The summed E-state index contributed by atoms with van der Waals surface area (Å²) < 4.78 is 40.1. The first-order valence-electron chi connectivity index (χ1n) is 10.8. The molecule has 0 radical (unpaired) electrons. The van der Waals surface area contributed by atoms with E-state index in [0.29, 0.717) is 21.3 Å². The van der Waals surface area contributed by atoms with Gasteiger partial charge in [0, 0.05) is 17.1 Å². The zero-order valence-corrected chi connectivity index (χ0v) is 21.6. The maximum Gasteiger partial charge on any atom is 0.244 e. The van der Waals surface area contributed by atoms with Crippen molar-refractivity contribution < 1.29 is 22.4 Å². The van der Waals surface area contributed by atoms with Gasteiger partial charge in [-0.1, -0.05) is 42.8 Å². The highest BCUT2D eigenvalue weighted by molar-refractivity contribution is 7.92. The highest BCUT2D eigenvalue weighted by Crippen LogP contribution is 2.23. The van der Waals surface area contributed by atoms with Gasteiger partial charge >= 0.3 is 0 Å². The second-order valence-corrected chi connectivity index (χ2v) is 11.4. The number of rotatable bonds is 9. The van der Waals surface area contributed by atoms with E-state index < -0.39 is 39.9 Å². The van der Waals surface area contributed by atoms with Gasteiger partial charge in [-0.2, -0.15) is 0 Å². The van der Waals surface area contributed by atoms with Gasteiger partial charge < -0.3 is 10.2 Å². The third kappa shape index (κ3) is 7.70. The van der Waals surface area contributed by atoms with Crippen molar-refractivity contribution >= 4 is 39.1 Å². The third-order valence-corrected chi connectivity index (χ3v) is 6.33. The Bertz CT molecular complexity index is 1120. The number of nitrogens with one attached hydrogen (secondary N) is 1. The molecule has 1 atom stereocenters. The number of benzene rings is 2. The van der Waals surface area contributed by atoms with Crippen LogP contribution in [0.3, 0.4) is 0 Å². The summed E-state index contributed by atoms with van der Waals surface area (Å²) in [6.45, 7) is 6.62. The van der Waals surface area contributed by atoms with Crippen LogP contribution in [0.1, 0.15) is 39.7 Å². The van der Waals surface area contributed by atoms with Gasteiger partial charge in [0.05, 0.1) is 11.9 Å². The van der Waals surface area contributed by atoms with Gasteiger partial charge in [0.2, 0.25) is 21.8 Å². The molecule has 2 aromatic carbocycles. The molecule has 0 aliphatic heterocycles. The Labute approximate surface area is 205 Å². The molecule has 0 spiro atoms. The van der Waals surface area contributed by atoms with Crippen LogP contribution >= 0.6 is 11.6 Å². The Hall–Kier alpha value is -2.65. The molecule has 2 amide bonds. The number of hydrogen-bond acceptors (Lipinski definition) is 4. The maximum absolute atomic E-state index is 14.4. The monoisotopic (exact) mass is 511 g/mol. The molecule has 186 valence electrons. The Kier molecular flexibility index (Phi) is 9.08. The van der Waals surface area contributed by atoms with Crippen LogP contribution in [0.15, 0.2) is 48.5 Å². The number of anilines is 1. The minimum absolute atomic E-state index is 0.0426. The van der Waals surface area contributed by atoms with Crippen LogP contribution in [0, 0.1) is 5.82 Å². The molecule has 0 bridgehead atoms. The Balaban J connectivity index is 2.46.